The van der Waals surface area contributed by atoms with Crippen molar-refractivity contribution in [2.24, 2.45) is 5.92 Å². The number of phenols is 1. The van der Waals surface area contributed by atoms with Gasteiger partial charge < -0.3 is 24.4 Å². The van der Waals surface area contributed by atoms with Gasteiger partial charge in [-0.05, 0) is 49.8 Å². The van der Waals surface area contributed by atoms with Gasteiger partial charge >= 0.3 is 0 Å². The summed E-state index contributed by atoms with van der Waals surface area (Å²) in [6.07, 6.45) is 5.93. The van der Waals surface area contributed by atoms with E-state index in [-0.39, 0.29) is 30.0 Å². The number of allylic oxidation sites excluding steroid dienone is 2. The smallest absolute Gasteiger partial charge is 0.256 e. The highest BCUT2D eigenvalue weighted by Gasteiger charge is 2.44. The summed E-state index contributed by atoms with van der Waals surface area (Å²) in [4.78, 5) is 17.8. The third-order valence-electron chi connectivity index (χ3n) is 6.31. The fourth-order valence-electron chi connectivity index (χ4n) is 4.93. The zero-order valence-corrected chi connectivity index (χ0v) is 17.8. The third kappa shape index (κ3) is 3.19. The van der Waals surface area contributed by atoms with E-state index in [1.165, 1.54) is 18.3 Å². The Morgan fingerprint density at radius 2 is 1.97 bits per heavy atom. The van der Waals surface area contributed by atoms with Crippen molar-refractivity contribution >= 4 is 11.6 Å². The Kier molecular flexibility index (Phi) is 5.07. The van der Waals surface area contributed by atoms with Gasteiger partial charge in [0.25, 0.3) is 5.91 Å². The maximum absolute atomic E-state index is 13.7. The SMILES string of the molecule is COc1cc2c(cc1O)N(C(C)C)[C@@H](OC)[C@@H]1CC3=C(CC(C)C=C3)CN1C2=O. The molecule has 0 radical (unpaired) electrons. The van der Waals surface area contributed by atoms with Crippen LogP contribution in [0, 0.1) is 5.92 Å². The number of phenolic OH excluding ortho intramolecular Hbond substituents is 1. The number of ether oxygens (including phenoxy) is 2. The molecule has 0 fully saturated rings. The van der Waals surface area contributed by atoms with Crippen LogP contribution in [0.25, 0.3) is 0 Å². The molecule has 0 aromatic heterocycles. The Morgan fingerprint density at radius 1 is 1.21 bits per heavy atom. The van der Waals surface area contributed by atoms with Crippen molar-refractivity contribution < 1.29 is 19.4 Å². The summed E-state index contributed by atoms with van der Waals surface area (Å²) in [5.74, 6) is 0.775. The Bertz CT molecular complexity index is 889. The lowest BCUT2D eigenvalue weighted by atomic mass is 9.83. The molecule has 1 unspecified atom stereocenters. The molecule has 3 aliphatic rings. The van der Waals surface area contributed by atoms with Crippen molar-refractivity contribution in [3.8, 4) is 11.5 Å². The lowest BCUT2D eigenvalue weighted by Gasteiger charge is -2.44. The minimum atomic E-state index is -0.310. The Hall–Kier alpha value is -2.47. The number of nitrogens with zero attached hydrogens (tertiary/aromatic N) is 2. The summed E-state index contributed by atoms with van der Waals surface area (Å²) in [6.45, 7) is 6.97. The molecule has 0 spiro atoms. The maximum Gasteiger partial charge on any atom is 0.256 e. The fourth-order valence-corrected chi connectivity index (χ4v) is 4.93. The van der Waals surface area contributed by atoms with E-state index in [4.69, 9.17) is 9.47 Å². The molecule has 0 saturated heterocycles. The molecule has 2 heterocycles. The molecule has 0 bridgehead atoms. The first kappa shape index (κ1) is 19.8. The highest BCUT2D eigenvalue weighted by molar-refractivity contribution is 6.02. The number of carbonyl (C=O) groups excluding carboxylic acids is 1. The van der Waals surface area contributed by atoms with Gasteiger partial charge in [-0.3, -0.25) is 4.79 Å². The number of fused-ring (bicyclic) bond motifs is 2. The van der Waals surface area contributed by atoms with Crippen molar-refractivity contribution in [1.82, 2.24) is 4.90 Å². The first-order chi connectivity index (χ1) is 13.8. The molecule has 156 valence electrons. The summed E-state index contributed by atoms with van der Waals surface area (Å²) >= 11 is 0. The van der Waals surface area contributed by atoms with Gasteiger partial charge in [0, 0.05) is 25.8 Å². The number of carbonyl (C=O) groups is 1. The topological polar surface area (TPSA) is 62.2 Å². The zero-order chi connectivity index (χ0) is 20.9. The number of rotatable bonds is 3. The maximum atomic E-state index is 13.7. The molecular weight excluding hydrogens is 368 g/mol. The molecule has 6 heteroatoms. The summed E-state index contributed by atoms with van der Waals surface area (Å²) in [5, 5.41) is 10.4. The molecule has 3 atom stereocenters. The van der Waals surface area contributed by atoms with Gasteiger partial charge in [-0.2, -0.15) is 0 Å². The van der Waals surface area contributed by atoms with Crippen molar-refractivity contribution in [1.29, 1.82) is 0 Å². The molecule has 0 saturated carbocycles. The van der Waals surface area contributed by atoms with Crippen LogP contribution in [0.1, 0.15) is 44.0 Å². The second-order valence-corrected chi connectivity index (χ2v) is 8.54. The molecule has 1 aliphatic carbocycles. The number of amides is 1. The van der Waals surface area contributed by atoms with E-state index in [1.54, 1.807) is 19.2 Å². The highest BCUT2D eigenvalue weighted by Crippen LogP contribution is 2.43. The van der Waals surface area contributed by atoms with Gasteiger partial charge in [0.15, 0.2) is 17.7 Å². The normalized spacial score (nSPS) is 26.3. The largest absolute Gasteiger partial charge is 0.504 e. The third-order valence-corrected chi connectivity index (χ3v) is 6.31. The van der Waals surface area contributed by atoms with Crippen LogP contribution < -0.4 is 9.64 Å². The summed E-state index contributed by atoms with van der Waals surface area (Å²) in [7, 11) is 3.19. The van der Waals surface area contributed by atoms with E-state index >= 15 is 0 Å². The van der Waals surface area contributed by atoms with Crippen molar-refractivity contribution in [2.45, 2.75) is 51.9 Å². The van der Waals surface area contributed by atoms with Crippen molar-refractivity contribution in [2.75, 3.05) is 25.7 Å². The molecule has 1 N–H and O–H groups in total. The van der Waals surface area contributed by atoms with E-state index < -0.39 is 0 Å². The first-order valence-electron chi connectivity index (χ1n) is 10.3. The second kappa shape index (κ2) is 7.41. The average Bonchev–Trinajstić information content (AvgIpc) is 2.78. The second-order valence-electron chi connectivity index (χ2n) is 8.54. The molecule has 2 aliphatic heterocycles. The standard InChI is InChI=1S/C23H30N2O4/c1-13(2)25-18-11-20(26)21(28-4)10-17(18)22(27)24-12-16-8-14(3)6-7-15(16)9-19(24)23(25)29-5/h6-7,10-11,13-14,19,23,26H,8-9,12H2,1-5H3/t14?,19-,23-/m0/s1. The summed E-state index contributed by atoms with van der Waals surface area (Å²) < 4.78 is 11.3. The molecular formula is C23H30N2O4. The predicted molar refractivity (Wildman–Crippen MR) is 112 cm³/mol. The van der Waals surface area contributed by atoms with Crippen LogP contribution in [-0.4, -0.2) is 55.0 Å². The molecule has 1 aromatic carbocycles. The minimum absolute atomic E-state index is 0.0219. The molecule has 6 nitrogen and oxygen atoms in total. The minimum Gasteiger partial charge on any atom is -0.504 e. The number of anilines is 1. The van der Waals surface area contributed by atoms with Crippen LogP contribution >= 0.6 is 0 Å². The van der Waals surface area contributed by atoms with E-state index in [9.17, 15) is 9.90 Å². The Labute approximate surface area is 172 Å². The van der Waals surface area contributed by atoms with Gasteiger partial charge in [0.05, 0.1) is 24.4 Å². The van der Waals surface area contributed by atoms with Crippen LogP contribution in [0.5, 0.6) is 11.5 Å². The van der Waals surface area contributed by atoms with Crippen molar-refractivity contribution in [3.05, 3.63) is 41.0 Å². The van der Waals surface area contributed by atoms with Gasteiger partial charge in [0.2, 0.25) is 0 Å². The van der Waals surface area contributed by atoms with Crippen LogP contribution in [-0.2, 0) is 4.74 Å². The average molecular weight is 399 g/mol. The quantitative estimate of drug-likeness (QED) is 0.841. The van der Waals surface area contributed by atoms with Gasteiger partial charge in [-0.15, -0.1) is 0 Å². The van der Waals surface area contributed by atoms with E-state index in [0.29, 0.717) is 29.5 Å². The summed E-state index contributed by atoms with van der Waals surface area (Å²) in [6, 6.07) is 3.26. The van der Waals surface area contributed by atoms with Crippen LogP contribution in [0.4, 0.5) is 5.69 Å². The molecule has 29 heavy (non-hydrogen) atoms. The highest BCUT2D eigenvalue weighted by atomic mass is 16.5. The number of aromatic hydroxyl groups is 1. The van der Waals surface area contributed by atoms with E-state index in [0.717, 1.165) is 12.8 Å². The molecule has 1 aromatic rings. The Morgan fingerprint density at radius 3 is 2.62 bits per heavy atom. The van der Waals surface area contributed by atoms with Crippen molar-refractivity contribution in [3.63, 3.8) is 0 Å². The van der Waals surface area contributed by atoms with Gasteiger partial charge in [-0.25, -0.2) is 0 Å². The van der Waals surface area contributed by atoms with E-state index in [2.05, 4.69) is 37.8 Å². The molecule has 4 rings (SSSR count). The monoisotopic (exact) mass is 398 g/mol. The number of hydrogen-bond donors (Lipinski definition) is 1. The zero-order valence-electron chi connectivity index (χ0n) is 17.8. The first-order valence-corrected chi connectivity index (χ1v) is 10.3. The number of methoxy groups -OCH3 is 2. The molecule has 1 amide bonds. The number of benzene rings is 1. The van der Waals surface area contributed by atoms with Gasteiger partial charge in [0.1, 0.15) is 0 Å². The predicted octanol–water partition coefficient (Wildman–Crippen LogP) is 3.71. The van der Waals surface area contributed by atoms with Crippen LogP contribution in [0.3, 0.4) is 0 Å². The lowest BCUT2D eigenvalue weighted by Crippen LogP contribution is -2.56. The van der Waals surface area contributed by atoms with Crippen LogP contribution in [0.2, 0.25) is 0 Å². The Balaban J connectivity index is 1.87. The summed E-state index contributed by atoms with van der Waals surface area (Å²) in [5.41, 5.74) is 3.90. The fraction of sp³-hybridized carbons (Fsp3) is 0.522. The number of hydrogen-bond acceptors (Lipinski definition) is 5. The lowest BCUT2D eigenvalue weighted by molar-refractivity contribution is 0.0121. The van der Waals surface area contributed by atoms with E-state index in [1.807, 2.05) is 4.90 Å². The van der Waals surface area contributed by atoms with Gasteiger partial charge in [-0.1, -0.05) is 19.1 Å². The van der Waals surface area contributed by atoms with Crippen LogP contribution in [0.15, 0.2) is 35.4 Å².